The van der Waals surface area contributed by atoms with Crippen molar-refractivity contribution in [1.29, 1.82) is 0 Å². The molecule has 1 heterocycles. The van der Waals surface area contributed by atoms with E-state index in [0.29, 0.717) is 18.8 Å². The van der Waals surface area contributed by atoms with Crippen LogP contribution in [-0.4, -0.2) is 61.8 Å². The van der Waals surface area contributed by atoms with Gasteiger partial charge < -0.3 is 15.0 Å². The zero-order valence-electron chi connectivity index (χ0n) is 18.8. The molecule has 0 aliphatic carbocycles. The van der Waals surface area contributed by atoms with Crippen molar-refractivity contribution in [2.45, 2.75) is 19.5 Å². The lowest BCUT2D eigenvalue weighted by Gasteiger charge is -2.28. The Labute approximate surface area is 192 Å². The fraction of sp³-hybridized carbons (Fsp3) is 0.400. The summed E-state index contributed by atoms with van der Waals surface area (Å²) < 4.78 is 43.8. The molecule has 0 atom stereocenters. The standard InChI is InChI=1S/C25H30F3N3O2/c1-20(18-21-6-3-2-4-7-21)19-31(13-5-12-30-14-16-33-17-15-30)24(32)29-23-10-8-22(9-11-23)25(26,27)28/h2-4,6-11,18H,5,12-17,19H2,1H3,(H,29,32)/b20-18+. The molecule has 3 rings (SSSR count). The predicted octanol–water partition coefficient (Wildman–Crippen LogP) is 5.37. The van der Waals surface area contributed by atoms with Crippen LogP contribution in [0.4, 0.5) is 23.7 Å². The number of urea groups is 1. The highest BCUT2D eigenvalue weighted by molar-refractivity contribution is 5.89. The summed E-state index contributed by atoms with van der Waals surface area (Å²) in [7, 11) is 0. The van der Waals surface area contributed by atoms with E-state index in [-0.39, 0.29) is 6.03 Å². The molecule has 178 valence electrons. The molecule has 0 unspecified atom stereocenters. The molecular formula is C25H30F3N3O2. The number of halogens is 3. The Bertz CT molecular complexity index is 909. The number of nitrogens with zero attached hydrogens (tertiary/aromatic N) is 2. The normalized spacial score (nSPS) is 15.3. The number of hydrogen-bond acceptors (Lipinski definition) is 3. The molecule has 0 saturated carbocycles. The first-order valence-electron chi connectivity index (χ1n) is 11.1. The van der Waals surface area contributed by atoms with Crippen LogP contribution in [0.15, 0.2) is 60.2 Å². The van der Waals surface area contributed by atoms with Gasteiger partial charge in [0.05, 0.1) is 18.8 Å². The fourth-order valence-corrected chi connectivity index (χ4v) is 3.69. The average Bonchev–Trinajstić information content (AvgIpc) is 2.79. The Hall–Kier alpha value is -2.84. The van der Waals surface area contributed by atoms with Crippen molar-refractivity contribution in [3.8, 4) is 0 Å². The number of alkyl halides is 3. The molecule has 1 N–H and O–H groups in total. The van der Waals surface area contributed by atoms with E-state index in [1.807, 2.05) is 43.3 Å². The zero-order valence-corrected chi connectivity index (χ0v) is 18.8. The fourth-order valence-electron chi connectivity index (χ4n) is 3.69. The highest BCUT2D eigenvalue weighted by atomic mass is 19.4. The van der Waals surface area contributed by atoms with Crippen LogP contribution in [0.1, 0.15) is 24.5 Å². The van der Waals surface area contributed by atoms with Gasteiger partial charge in [0.2, 0.25) is 0 Å². The number of nitrogens with one attached hydrogen (secondary N) is 1. The van der Waals surface area contributed by atoms with Crippen LogP contribution >= 0.6 is 0 Å². The van der Waals surface area contributed by atoms with E-state index in [2.05, 4.69) is 10.2 Å². The summed E-state index contributed by atoms with van der Waals surface area (Å²) >= 11 is 0. The maximum atomic E-state index is 13.0. The number of morpholine rings is 1. The molecule has 33 heavy (non-hydrogen) atoms. The monoisotopic (exact) mass is 461 g/mol. The molecule has 0 spiro atoms. The van der Waals surface area contributed by atoms with Gasteiger partial charge in [-0.25, -0.2) is 4.79 Å². The van der Waals surface area contributed by atoms with Crippen molar-refractivity contribution in [1.82, 2.24) is 9.80 Å². The van der Waals surface area contributed by atoms with Crippen molar-refractivity contribution in [3.05, 3.63) is 71.3 Å². The maximum Gasteiger partial charge on any atom is 0.416 e. The second-order valence-corrected chi connectivity index (χ2v) is 8.14. The number of carbonyl (C=O) groups excluding carboxylic acids is 1. The van der Waals surface area contributed by atoms with Crippen LogP contribution in [-0.2, 0) is 10.9 Å². The zero-order chi connectivity index (χ0) is 23.7. The molecule has 1 aliphatic heterocycles. The van der Waals surface area contributed by atoms with Crippen LogP contribution < -0.4 is 5.32 Å². The van der Waals surface area contributed by atoms with Crippen LogP contribution in [0, 0.1) is 0 Å². The number of carbonyl (C=O) groups is 1. The smallest absolute Gasteiger partial charge is 0.379 e. The van der Waals surface area contributed by atoms with E-state index in [0.717, 1.165) is 62.5 Å². The van der Waals surface area contributed by atoms with Crippen LogP contribution in [0.2, 0.25) is 0 Å². The van der Waals surface area contributed by atoms with E-state index in [4.69, 9.17) is 4.74 Å². The topological polar surface area (TPSA) is 44.8 Å². The molecule has 2 amide bonds. The molecule has 0 bridgehead atoms. The molecule has 1 aliphatic rings. The van der Waals surface area contributed by atoms with Gasteiger partial charge in [0.15, 0.2) is 0 Å². The van der Waals surface area contributed by atoms with Gasteiger partial charge in [0.1, 0.15) is 0 Å². The minimum absolute atomic E-state index is 0.330. The van der Waals surface area contributed by atoms with Crippen molar-refractivity contribution in [2.75, 3.05) is 51.3 Å². The van der Waals surface area contributed by atoms with Crippen molar-refractivity contribution < 1.29 is 22.7 Å². The van der Waals surface area contributed by atoms with Crippen molar-refractivity contribution in [2.24, 2.45) is 0 Å². The predicted molar refractivity (Wildman–Crippen MR) is 124 cm³/mol. The Morgan fingerprint density at radius 1 is 1.09 bits per heavy atom. The second kappa shape index (κ2) is 11.9. The summed E-state index contributed by atoms with van der Waals surface area (Å²) in [6.07, 6.45) is -1.59. The second-order valence-electron chi connectivity index (χ2n) is 8.14. The Kier molecular flexibility index (Phi) is 8.91. The number of amides is 2. The summed E-state index contributed by atoms with van der Waals surface area (Å²) in [4.78, 5) is 17.0. The SMILES string of the molecule is C/C(=C\c1ccccc1)CN(CCCN1CCOCC1)C(=O)Nc1ccc(C(F)(F)F)cc1. The lowest BCUT2D eigenvalue weighted by molar-refractivity contribution is -0.137. The van der Waals surface area contributed by atoms with E-state index < -0.39 is 11.7 Å². The minimum atomic E-state index is -4.41. The third kappa shape index (κ3) is 8.22. The van der Waals surface area contributed by atoms with E-state index in [1.54, 1.807) is 4.90 Å². The van der Waals surface area contributed by atoms with Gasteiger partial charge in [0, 0.05) is 38.4 Å². The summed E-state index contributed by atoms with van der Waals surface area (Å²) in [5.74, 6) is 0. The summed E-state index contributed by atoms with van der Waals surface area (Å²) in [6.45, 7) is 6.97. The van der Waals surface area contributed by atoms with E-state index in [9.17, 15) is 18.0 Å². The minimum Gasteiger partial charge on any atom is -0.379 e. The lowest BCUT2D eigenvalue weighted by Crippen LogP contribution is -2.40. The number of benzene rings is 2. The summed E-state index contributed by atoms with van der Waals surface area (Å²) in [5, 5.41) is 2.74. The number of hydrogen-bond donors (Lipinski definition) is 1. The third-order valence-electron chi connectivity index (χ3n) is 5.41. The number of rotatable bonds is 8. The molecule has 2 aromatic rings. The number of anilines is 1. The van der Waals surface area contributed by atoms with Gasteiger partial charge in [-0.3, -0.25) is 4.90 Å². The largest absolute Gasteiger partial charge is 0.416 e. The first-order valence-corrected chi connectivity index (χ1v) is 11.1. The van der Waals surface area contributed by atoms with Crippen LogP contribution in [0.3, 0.4) is 0 Å². The van der Waals surface area contributed by atoms with Gasteiger partial charge in [-0.2, -0.15) is 13.2 Å². The van der Waals surface area contributed by atoms with Gasteiger partial charge in [-0.05, 0) is 43.2 Å². The molecule has 0 aromatic heterocycles. The molecule has 1 saturated heterocycles. The molecule has 5 nitrogen and oxygen atoms in total. The molecule has 8 heteroatoms. The highest BCUT2D eigenvalue weighted by Crippen LogP contribution is 2.29. The average molecular weight is 462 g/mol. The molecule has 2 aromatic carbocycles. The van der Waals surface area contributed by atoms with Gasteiger partial charge >= 0.3 is 12.2 Å². The van der Waals surface area contributed by atoms with Gasteiger partial charge in [-0.15, -0.1) is 0 Å². The van der Waals surface area contributed by atoms with Crippen molar-refractivity contribution >= 4 is 17.8 Å². The summed E-state index contributed by atoms with van der Waals surface area (Å²) in [6, 6.07) is 14.0. The van der Waals surface area contributed by atoms with Gasteiger partial charge in [-0.1, -0.05) is 42.0 Å². The first kappa shape index (κ1) is 24.8. The van der Waals surface area contributed by atoms with Crippen LogP contribution in [0.25, 0.3) is 6.08 Å². The summed E-state index contributed by atoms with van der Waals surface area (Å²) in [5.41, 5.74) is 1.64. The number of ether oxygens (including phenoxy) is 1. The maximum absolute atomic E-state index is 13.0. The molecule has 1 fully saturated rings. The lowest BCUT2D eigenvalue weighted by atomic mass is 10.1. The van der Waals surface area contributed by atoms with E-state index in [1.165, 1.54) is 12.1 Å². The molecular weight excluding hydrogens is 431 g/mol. The Morgan fingerprint density at radius 3 is 2.39 bits per heavy atom. The third-order valence-corrected chi connectivity index (χ3v) is 5.41. The Balaban J connectivity index is 1.65. The van der Waals surface area contributed by atoms with Crippen molar-refractivity contribution in [3.63, 3.8) is 0 Å². The molecule has 0 radical (unpaired) electrons. The van der Waals surface area contributed by atoms with Gasteiger partial charge in [0.25, 0.3) is 0 Å². The first-order chi connectivity index (χ1) is 15.8. The van der Waals surface area contributed by atoms with Crippen LogP contribution in [0.5, 0.6) is 0 Å². The highest BCUT2D eigenvalue weighted by Gasteiger charge is 2.30. The quantitative estimate of drug-likeness (QED) is 0.575. The Morgan fingerprint density at radius 2 is 1.76 bits per heavy atom. The van der Waals surface area contributed by atoms with E-state index >= 15 is 0 Å².